The monoisotopic (exact) mass is 333 g/mol. The summed E-state index contributed by atoms with van der Waals surface area (Å²) in [5.74, 6) is 6.09. The highest BCUT2D eigenvalue weighted by Crippen LogP contribution is 2.24. The molecule has 25 heavy (non-hydrogen) atoms. The summed E-state index contributed by atoms with van der Waals surface area (Å²) in [6.07, 6.45) is 1.12. The quantitative estimate of drug-likeness (QED) is 0.745. The minimum absolute atomic E-state index is 0.177. The van der Waals surface area contributed by atoms with Gasteiger partial charge < -0.3 is 14.5 Å². The van der Waals surface area contributed by atoms with Gasteiger partial charge in [-0.05, 0) is 17.5 Å². The minimum atomic E-state index is -0.498. The van der Waals surface area contributed by atoms with Crippen molar-refractivity contribution in [3.63, 3.8) is 0 Å². The average molecular weight is 333 g/mol. The molecule has 1 amide bonds. The second kappa shape index (κ2) is 7.84. The molecule has 3 aromatic rings. The maximum atomic E-state index is 11.8. The van der Waals surface area contributed by atoms with Crippen molar-refractivity contribution in [3.05, 3.63) is 76.8 Å². The molecule has 0 saturated carbocycles. The molecule has 0 aliphatic rings. The molecule has 1 aromatic heterocycles. The first-order valence-corrected chi connectivity index (χ1v) is 7.67. The number of benzene rings is 2. The molecule has 124 valence electrons. The van der Waals surface area contributed by atoms with E-state index in [0.717, 1.165) is 22.8 Å². The highest BCUT2D eigenvalue weighted by atomic mass is 16.5. The van der Waals surface area contributed by atoms with Gasteiger partial charge in [-0.3, -0.25) is 4.79 Å². The first-order chi connectivity index (χ1) is 12.2. The van der Waals surface area contributed by atoms with E-state index in [-0.39, 0.29) is 24.6 Å². The third kappa shape index (κ3) is 4.27. The predicted molar refractivity (Wildman–Crippen MR) is 94.5 cm³/mol. The van der Waals surface area contributed by atoms with E-state index >= 15 is 0 Å². The second-order valence-corrected chi connectivity index (χ2v) is 5.15. The molecule has 0 aliphatic carbocycles. The zero-order valence-electron chi connectivity index (χ0n) is 13.3. The smallest absolute Gasteiger partial charge is 0.335 e. The topological polar surface area (TPSA) is 68.5 Å². The molecule has 0 aliphatic heterocycles. The number of rotatable bonds is 4. The van der Waals surface area contributed by atoms with Crippen molar-refractivity contribution in [2.45, 2.75) is 0 Å². The number of fused-ring (bicyclic) bond motifs is 1. The van der Waals surface area contributed by atoms with Crippen molar-refractivity contribution in [3.8, 4) is 17.6 Å². The van der Waals surface area contributed by atoms with Crippen molar-refractivity contribution in [2.75, 3.05) is 13.2 Å². The standard InChI is InChI=1S/C20H15NO4/c22-19-11-10-16(14-25-19)20(23)21-12-3-4-13-24-18-9-5-7-15-6-1-2-8-17(15)18/h1-2,5-11,14H,12-13H2,(H,21,23). The van der Waals surface area contributed by atoms with Crippen LogP contribution in [-0.4, -0.2) is 19.1 Å². The van der Waals surface area contributed by atoms with E-state index in [0.29, 0.717) is 0 Å². The zero-order chi connectivity index (χ0) is 17.5. The maximum Gasteiger partial charge on any atom is 0.335 e. The molecule has 0 bridgehead atoms. The van der Waals surface area contributed by atoms with Crippen molar-refractivity contribution in [2.24, 2.45) is 0 Å². The Labute approximate surface area is 144 Å². The molecule has 0 spiro atoms. The lowest BCUT2D eigenvalue weighted by Crippen LogP contribution is -2.23. The highest BCUT2D eigenvalue weighted by molar-refractivity contribution is 5.93. The summed E-state index contributed by atoms with van der Waals surface area (Å²) in [6.45, 7) is 0.404. The molecule has 0 atom stereocenters. The molecule has 0 saturated heterocycles. The molecule has 0 unspecified atom stereocenters. The van der Waals surface area contributed by atoms with Crippen molar-refractivity contribution < 1.29 is 13.9 Å². The zero-order valence-corrected chi connectivity index (χ0v) is 13.3. The average Bonchev–Trinajstić information content (AvgIpc) is 2.65. The molecule has 0 fully saturated rings. The predicted octanol–water partition coefficient (Wildman–Crippen LogP) is 2.61. The lowest BCUT2D eigenvalue weighted by molar-refractivity contribution is 0.0956. The summed E-state index contributed by atoms with van der Waals surface area (Å²) in [5.41, 5.74) is -0.227. The van der Waals surface area contributed by atoms with Crippen LogP contribution < -0.4 is 15.7 Å². The molecule has 2 aromatic carbocycles. The summed E-state index contributed by atoms with van der Waals surface area (Å²) < 4.78 is 10.3. The number of hydrogen-bond donors (Lipinski definition) is 1. The summed E-state index contributed by atoms with van der Waals surface area (Å²) in [6, 6.07) is 16.4. The Bertz CT molecular complexity index is 985. The van der Waals surface area contributed by atoms with Crippen molar-refractivity contribution in [1.82, 2.24) is 5.32 Å². The second-order valence-electron chi connectivity index (χ2n) is 5.15. The molecule has 5 nitrogen and oxygen atoms in total. The van der Waals surface area contributed by atoms with E-state index in [1.165, 1.54) is 12.1 Å². The van der Waals surface area contributed by atoms with Crippen molar-refractivity contribution >= 4 is 16.7 Å². The first kappa shape index (κ1) is 16.3. The van der Waals surface area contributed by atoms with Gasteiger partial charge in [0.25, 0.3) is 5.91 Å². The molecule has 5 heteroatoms. The van der Waals surface area contributed by atoms with E-state index in [4.69, 9.17) is 4.74 Å². The van der Waals surface area contributed by atoms with Gasteiger partial charge in [-0.2, -0.15) is 0 Å². The third-order valence-electron chi connectivity index (χ3n) is 3.48. The largest absolute Gasteiger partial charge is 0.480 e. The van der Waals surface area contributed by atoms with Crippen LogP contribution in [0.4, 0.5) is 0 Å². The Morgan fingerprint density at radius 1 is 1.04 bits per heavy atom. The van der Waals surface area contributed by atoms with E-state index < -0.39 is 5.63 Å². The summed E-state index contributed by atoms with van der Waals surface area (Å²) in [4.78, 5) is 22.6. The SMILES string of the molecule is O=C(NCC#CCOc1cccc2ccccc12)c1ccc(=O)oc1. The van der Waals surface area contributed by atoms with Gasteiger partial charge in [0, 0.05) is 11.5 Å². The molecule has 3 rings (SSSR count). The third-order valence-corrected chi connectivity index (χ3v) is 3.48. The van der Waals surface area contributed by atoms with Gasteiger partial charge in [-0.15, -0.1) is 0 Å². The minimum Gasteiger partial charge on any atom is -0.480 e. The Morgan fingerprint density at radius 3 is 2.72 bits per heavy atom. The number of amides is 1. The van der Waals surface area contributed by atoms with Crippen LogP contribution in [0.1, 0.15) is 10.4 Å². The van der Waals surface area contributed by atoms with Gasteiger partial charge in [0.15, 0.2) is 0 Å². The Kier molecular flexibility index (Phi) is 5.13. The van der Waals surface area contributed by atoms with Gasteiger partial charge in [-0.25, -0.2) is 4.79 Å². The van der Waals surface area contributed by atoms with Gasteiger partial charge >= 0.3 is 5.63 Å². The summed E-state index contributed by atoms with van der Waals surface area (Å²) >= 11 is 0. The number of carbonyl (C=O) groups excluding carboxylic acids is 1. The maximum absolute atomic E-state index is 11.8. The molecular formula is C20H15NO4. The van der Waals surface area contributed by atoms with E-state index in [9.17, 15) is 9.59 Å². The Balaban J connectivity index is 1.50. The van der Waals surface area contributed by atoms with E-state index in [1.54, 1.807) is 0 Å². The fraction of sp³-hybridized carbons (Fsp3) is 0.100. The van der Waals surface area contributed by atoms with Gasteiger partial charge in [0.2, 0.25) is 0 Å². The summed E-state index contributed by atoms with van der Waals surface area (Å²) in [7, 11) is 0. The van der Waals surface area contributed by atoms with E-state index in [2.05, 4.69) is 21.6 Å². The molecule has 1 heterocycles. The number of ether oxygens (including phenoxy) is 1. The number of nitrogens with one attached hydrogen (secondary N) is 1. The molecular weight excluding hydrogens is 318 g/mol. The van der Waals surface area contributed by atoms with Crippen molar-refractivity contribution in [1.29, 1.82) is 0 Å². The lowest BCUT2D eigenvalue weighted by atomic mass is 10.1. The Morgan fingerprint density at radius 2 is 1.88 bits per heavy atom. The van der Waals surface area contributed by atoms with Crippen LogP contribution in [0.25, 0.3) is 10.8 Å². The Hall–Kier alpha value is -3.52. The van der Waals surface area contributed by atoms with Crippen LogP contribution >= 0.6 is 0 Å². The summed E-state index contributed by atoms with van der Waals surface area (Å²) in [5, 5.41) is 4.76. The fourth-order valence-electron chi connectivity index (χ4n) is 2.26. The normalized spacial score (nSPS) is 9.92. The van der Waals surface area contributed by atoms with Crippen LogP contribution in [0.5, 0.6) is 5.75 Å². The van der Waals surface area contributed by atoms with Crippen LogP contribution in [-0.2, 0) is 0 Å². The van der Waals surface area contributed by atoms with Crippen LogP contribution in [0.3, 0.4) is 0 Å². The van der Waals surface area contributed by atoms with Crippen LogP contribution in [0.2, 0.25) is 0 Å². The van der Waals surface area contributed by atoms with Crippen LogP contribution in [0, 0.1) is 11.8 Å². The van der Waals surface area contributed by atoms with Gasteiger partial charge in [0.05, 0.1) is 12.1 Å². The number of hydrogen-bond acceptors (Lipinski definition) is 4. The first-order valence-electron chi connectivity index (χ1n) is 7.67. The number of carbonyl (C=O) groups is 1. The van der Waals surface area contributed by atoms with Gasteiger partial charge in [0.1, 0.15) is 18.6 Å². The molecule has 1 N–H and O–H groups in total. The highest BCUT2D eigenvalue weighted by Gasteiger charge is 2.04. The fourth-order valence-corrected chi connectivity index (χ4v) is 2.26. The van der Waals surface area contributed by atoms with E-state index in [1.807, 2.05) is 42.5 Å². The lowest BCUT2D eigenvalue weighted by Gasteiger charge is -2.06. The molecule has 0 radical (unpaired) electrons. The van der Waals surface area contributed by atoms with Crippen LogP contribution in [0.15, 0.2) is 70.1 Å². The van der Waals surface area contributed by atoms with Gasteiger partial charge in [-0.1, -0.05) is 48.2 Å².